The third-order valence-corrected chi connectivity index (χ3v) is 3.19. The molecule has 0 aromatic carbocycles. The summed E-state index contributed by atoms with van der Waals surface area (Å²) in [6.45, 7) is 2.00. The molecule has 3 aromatic rings. The highest BCUT2D eigenvalue weighted by atomic mass is 16.3. The van der Waals surface area contributed by atoms with Crippen molar-refractivity contribution in [3.8, 4) is 0 Å². The Labute approximate surface area is 110 Å². The first-order chi connectivity index (χ1) is 9.28. The van der Waals surface area contributed by atoms with E-state index in [1.54, 1.807) is 6.26 Å². The van der Waals surface area contributed by atoms with E-state index >= 15 is 0 Å². The Hall–Kier alpha value is -2.36. The number of hydrogen-bond donors (Lipinski definition) is 0. The Kier molecular flexibility index (Phi) is 2.91. The van der Waals surface area contributed by atoms with Crippen LogP contribution < -0.4 is 0 Å². The molecule has 0 fully saturated rings. The van der Waals surface area contributed by atoms with E-state index in [2.05, 4.69) is 4.98 Å². The lowest BCUT2D eigenvalue weighted by Gasteiger charge is -2.01. The van der Waals surface area contributed by atoms with Gasteiger partial charge >= 0.3 is 0 Å². The molecule has 3 heterocycles. The van der Waals surface area contributed by atoms with Crippen molar-refractivity contribution in [3.63, 3.8) is 0 Å². The summed E-state index contributed by atoms with van der Waals surface area (Å²) in [6, 6.07) is 7.81. The molecule has 19 heavy (non-hydrogen) atoms. The zero-order valence-corrected chi connectivity index (χ0v) is 10.7. The van der Waals surface area contributed by atoms with E-state index in [9.17, 15) is 4.79 Å². The second-order valence-corrected chi connectivity index (χ2v) is 4.57. The molecule has 96 valence electrons. The summed E-state index contributed by atoms with van der Waals surface area (Å²) in [5.74, 6) is 1.81. The van der Waals surface area contributed by atoms with Gasteiger partial charge in [-0.05, 0) is 36.8 Å². The van der Waals surface area contributed by atoms with Crippen LogP contribution in [0.2, 0.25) is 0 Å². The number of rotatable bonds is 4. The fraction of sp³-hybridized carbons (Fsp3) is 0.200. The third kappa shape index (κ3) is 2.17. The molecule has 0 amide bonds. The van der Waals surface area contributed by atoms with E-state index in [4.69, 9.17) is 4.42 Å². The van der Waals surface area contributed by atoms with Crippen molar-refractivity contribution in [2.45, 2.75) is 19.8 Å². The molecule has 0 unspecified atom stereocenters. The number of carbonyl (C=O) groups excluding carboxylic acids is 1. The Morgan fingerprint density at radius 1 is 1.37 bits per heavy atom. The standard InChI is InChI=1S/C15H14N2O2/c1-11-6-7-17-14(9-11)13(10-18)16-15(17)5-4-12-3-2-8-19-12/h2-3,6-10H,4-5H2,1H3. The second-order valence-electron chi connectivity index (χ2n) is 4.57. The molecular formula is C15H14N2O2. The van der Waals surface area contributed by atoms with Crippen molar-refractivity contribution < 1.29 is 9.21 Å². The van der Waals surface area contributed by atoms with Crippen LogP contribution in [0.4, 0.5) is 0 Å². The predicted molar refractivity (Wildman–Crippen MR) is 71.4 cm³/mol. The molecule has 3 rings (SSSR count). The van der Waals surface area contributed by atoms with E-state index in [0.29, 0.717) is 5.69 Å². The Balaban J connectivity index is 1.97. The van der Waals surface area contributed by atoms with Crippen molar-refractivity contribution in [2.24, 2.45) is 0 Å². The molecule has 4 nitrogen and oxygen atoms in total. The van der Waals surface area contributed by atoms with Crippen LogP contribution in [0.3, 0.4) is 0 Å². The summed E-state index contributed by atoms with van der Waals surface area (Å²) in [7, 11) is 0. The van der Waals surface area contributed by atoms with E-state index < -0.39 is 0 Å². The minimum Gasteiger partial charge on any atom is -0.469 e. The van der Waals surface area contributed by atoms with Crippen molar-refractivity contribution in [2.75, 3.05) is 0 Å². The molecular weight excluding hydrogens is 240 g/mol. The fourth-order valence-electron chi connectivity index (χ4n) is 2.23. The van der Waals surface area contributed by atoms with Crippen LogP contribution in [0.25, 0.3) is 5.52 Å². The molecule has 0 aliphatic heterocycles. The molecule has 0 spiro atoms. The molecule has 0 N–H and O–H groups in total. The Morgan fingerprint density at radius 2 is 2.26 bits per heavy atom. The first-order valence-corrected chi connectivity index (χ1v) is 6.23. The van der Waals surface area contributed by atoms with Gasteiger partial charge < -0.3 is 8.82 Å². The molecule has 0 saturated heterocycles. The van der Waals surface area contributed by atoms with Gasteiger partial charge in [0, 0.05) is 19.0 Å². The summed E-state index contributed by atoms with van der Waals surface area (Å²) < 4.78 is 7.28. The lowest BCUT2D eigenvalue weighted by Crippen LogP contribution is -1.97. The normalized spacial score (nSPS) is 11.0. The van der Waals surface area contributed by atoms with Gasteiger partial charge in [-0.15, -0.1) is 0 Å². The largest absolute Gasteiger partial charge is 0.469 e. The predicted octanol–water partition coefficient (Wildman–Crippen LogP) is 2.83. The number of imidazole rings is 1. The van der Waals surface area contributed by atoms with Gasteiger partial charge in [-0.2, -0.15) is 0 Å². The molecule has 4 heteroatoms. The van der Waals surface area contributed by atoms with Crippen molar-refractivity contribution in [1.82, 2.24) is 9.38 Å². The minimum absolute atomic E-state index is 0.498. The maximum Gasteiger partial charge on any atom is 0.170 e. The monoisotopic (exact) mass is 254 g/mol. The lowest BCUT2D eigenvalue weighted by atomic mass is 10.2. The average molecular weight is 254 g/mol. The number of aryl methyl sites for hydroxylation is 3. The van der Waals surface area contributed by atoms with Gasteiger partial charge in [-0.1, -0.05) is 0 Å². The van der Waals surface area contributed by atoms with Gasteiger partial charge in [-0.25, -0.2) is 4.98 Å². The van der Waals surface area contributed by atoms with Crippen molar-refractivity contribution >= 4 is 11.8 Å². The summed E-state index contributed by atoms with van der Waals surface area (Å²) in [5.41, 5.74) is 2.48. The molecule has 0 aliphatic rings. The average Bonchev–Trinajstić information content (AvgIpc) is 3.03. The maximum absolute atomic E-state index is 11.1. The van der Waals surface area contributed by atoms with E-state index in [0.717, 1.165) is 41.8 Å². The molecule has 0 bridgehead atoms. The van der Waals surface area contributed by atoms with E-state index in [1.807, 2.05) is 41.8 Å². The summed E-state index contributed by atoms with van der Waals surface area (Å²) in [4.78, 5) is 15.5. The van der Waals surface area contributed by atoms with Crippen molar-refractivity contribution in [3.05, 3.63) is 59.6 Å². The van der Waals surface area contributed by atoms with E-state index in [1.165, 1.54) is 0 Å². The topological polar surface area (TPSA) is 47.5 Å². The van der Waals surface area contributed by atoms with Crippen LogP contribution in [-0.2, 0) is 12.8 Å². The lowest BCUT2D eigenvalue weighted by molar-refractivity contribution is 0.112. The number of pyridine rings is 1. The summed E-state index contributed by atoms with van der Waals surface area (Å²) in [6.07, 6.45) is 5.95. The van der Waals surface area contributed by atoms with Crippen LogP contribution >= 0.6 is 0 Å². The van der Waals surface area contributed by atoms with Crippen molar-refractivity contribution in [1.29, 1.82) is 0 Å². The Bertz CT molecular complexity index is 711. The third-order valence-electron chi connectivity index (χ3n) is 3.19. The highest BCUT2D eigenvalue weighted by molar-refractivity contribution is 5.84. The molecule has 0 aliphatic carbocycles. The van der Waals surface area contributed by atoms with Gasteiger partial charge in [0.2, 0.25) is 0 Å². The van der Waals surface area contributed by atoms with Gasteiger partial charge in [0.15, 0.2) is 6.29 Å². The minimum atomic E-state index is 0.498. The number of carbonyl (C=O) groups is 1. The van der Waals surface area contributed by atoms with Crippen LogP contribution in [-0.4, -0.2) is 15.7 Å². The van der Waals surface area contributed by atoms with Crippen LogP contribution in [0.5, 0.6) is 0 Å². The van der Waals surface area contributed by atoms with Crippen LogP contribution in [0, 0.1) is 6.92 Å². The summed E-state index contributed by atoms with van der Waals surface area (Å²) >= 11 is 0. The molecule has 0 saturated carbocycles. The first kappa shape index (κ1) is 11.7. The second kappa shape index (κ2) is 4.72. The van der Waals surface area contributed by atoms with Gasteiger partial charge in [-0.3, -0.25) is 4.79 Å². The zero-order valence-electron chi connectivity index (χ0n) is 10.7. The maximum atomic E-state index is 11.1. The van der Waals surface area contributed by atoms with E-state index in [-0.39, 0.29) is 0 Å². The van der Waals surface area contributed by atoms with Crippen LogP contribution in [0.15, 0.2) is 41.1 Å². The first-order valence-electron chi connectivity index (χ1n) is 6.23. The highest BCUT2D eigenvalue weighted by Gasteiger charge is 2.10. The number of furan rings is 1. The van der Waals surface area contributed by atoms with Crippen LogP contribution in [0.1, 0.15) is 27.6 Å². The van der Waals surface area contributed by atoms with Gasteiger partial charge in [0.25, 0.3) is 0 Å². The molecule has 0 radical (unpaired) electrons. The van der Waals surface area contributed by atoms with Gasteiger partial charge in [0.1, 0.15) is 17.3 Å². The highest BCUT2D eigenvalue weighted by Crippen LogP contribution is 2.15. The number of aromatic nitrogens is 2. The molecule has 0 atom stereocenters. The summed E-state index contributed by atoms with van der Waals surface area (Å²) in [5, 5.41) is 0. The molecule has 3 aromatic heterocycles. The quantitative estimate of drug-likeness (QED) is 0.673. The number of aldehydes is 1. The number of nitrogens with zero attached hydrogens (tertiary/aromatic N) is 2. The smallest absolute Gasteiger partial charge is 0.170 e. The Morgan fingerprint density at radius 3 is 3.00 bits per heavy atom. The fourth-order valence-corrected chi connectivity index (χ4v) is 2.23. The SMILES string of the molecule is Cc1ccn2c(CCc3ccco3)nc(C=O)c2c1. The van der Waals surface area contributed by atoms with Gasteiger partial charge in [0.05, 0.1) is 11.8 Å². The number of hydrogen-bond acceptors (Lipinski definition) is 3. The zero-order chi connectivity index (χ0) is 13.2. The number of fused-ring (bicyclic) bond motifs is 1.